The molecular weight excluding hydrogens is 346 g/mol. The predicted molar refractivity (Wildman–Crippen MR) is 101 cm³/mol. The SMILES string of the molecule is Cc1ccc2c(c1)/C(=N/OC(=O)c1cnn(C)c1)c1ccccc1CS2. The summed E-state index contributed by atoms with van der Waals surface area (Å²) < 4.78 is 1.56. The second-order valence-electron chi connectivity index (χ2n) is 6.17. The van der Waals surface area contributed by atoms with Crippen LogP contribution in [0.15, 0.2) is 64.9 Å². The molecule has 0 amide bonds. The van der Waals surface area contributed by atoms with E-state index in [1.807, 2.05) is 25.1 Å². The first-order chi connectivity index (χ1) is 12.6. The van der Waals surface area contributed by atoms with Crippen LogP contribution in [-0.4, -0.2) is 21.5 Å². The van der Waals surface area contributed by atoms with E-state index in [0.29, 0.717) is 11.3 Å². The Morgan fingerprint density at radius 3 is 2.88 bits per heavy atom. The van der Waals surface area contributed by atoms with Crippen LogP contribution in [0.2, 0.25) is 0 Å². The third-order valence-electron chi connectivity index (χ3n) is 4.21. The van der Waals surface area contributed by atoms with E-state index in [1.54, 1.807) is 29.7 Å². The molecule has 0 unspecified atom stereocenters. The normalized spacial score (nSPS) is 14.5. The first-order valence-corrected chi connectivity index (χ1v) is 9.20. The summed E-state index contributed by atoms with van der Waals surface area (Å²) in [5, 5.41) is 8.26. The lowest BCUT2D eigenvalue weighted by atomic mass is 9.97. The number of carbonyl (C=O) groups is 1. The van der Waals surface area contributed by atoms with Crippen LogP contribution in [-0.2, 0) is 17.6 Å². The Morgan fingerprint density at radius 1 is 1.23 bits per heavy atom. The number of benzene rings is 2. The average Bonchev–Trinajstić information content (AvgIpc) is 3.01. The smallest absolute Gasteiger partial charge is 0.312 e. The molecular formula is C20H17N3O2S. The standard InChI is InChI=1S/C20H17N3O2S/c1-13-7-8-18-17(9-13)19(16-6-4-3-5-14(16)12-26-18)22-25-20(24)15-10-21-23(2)11-15/h3-11H,12H2,1-2H3/b22-19+. The van der Waals surface area contributed by atoms with Crippen molar-refractivity contribution in [3.8, 4) is 0 Å². The molecule has 0 atom stereocenters. The molecule has 130 valence electrons. The van der Waals surface area contributed by atoms with E-state index < -0.39 is 5.97 Å². The van der Waals surface area contributed by atoms with Crippen molar-refractivity contribution < 1.29 is 9.63 Å². The molecule has 0 bridgehead atoms. The number of aryl methyl sites for hydroxylation is 2. The molecule has 0 fully saturated rings. The van der Waals surface area contributed by atoms with Crippen molar-refractivity contribution in [1.29, 1.82) is 0 Å². The highest BCUT2D eigenvalue weighted by atomic mass is 32.2. The van der Waals surface area contributed by atoms with Gasteiger partial charge in [-0.15, -0.1) is 11.8 Å². The lowest BCUT2D eigenvalue weighted by molar-refractivity contribution is 0.0517. The summed E-state index contributed by atoms with van der Waals surface area (Å²) in [4.78, 5) is 18.7. The molecule has 0 N–H and O–H groups in total. The quantitative estimate of drug-likeness (QED) is 0.511. The minimum Gasteiger partial charge on any atom is -0.312 e. The maximum absolute atomic E-state index is 12.3. The van der Waals surface area contributed by atoms with Gasteiger partial charge in [-0.1, -0.05) is 41.1 Å². The van der Waals surface area contributed by atoms with E-state index in [9.17, 15) is 4.79 Å². The molecule has 0 radical (unpaired) electrons. The molecule has 26 heavy (non-hydrogen) atoms. The van der Waals surface area contributed by atoms with Gasteiger partial charge in [0.05, 0.1) is 11.8 Å². The van der Waals surface area contributed by atoms with Crippen molar-refractivity contribution in [3.05, 3.63) is 82.7 Å². The number of rotatable bonds is 2. The highest BCUT2D eigenvalue weighted by molar-refractivity contribution is 7.98. The maximum atomic E-state index is 12.3. The monoisotopic (exact) mass is 363 g/mol. The predicted octanol–water partition coefficient (Wildman–Crippen LogP) is 3.94. The van der Waals surface area contributed by atoms with E-state index in [1.165, 1.54) is 11.8 Å². The molecule has 0 spiro atoms. The Kier molecular flexibility index (Phi) is 4.34. The highest BCUT2D eigenvalue weighted by Gasteiger charge is 2.21. The van der Waals surface area contributed by atoms with Crippen molar-refractivity contribution in [2.24, 2.45) is 12.2 Å². The molecule has 5 nitrogen and oxygen atoms in total. The number of thioether (sulfide) groups is 1. The van der Waals surface area contributed by atoms with Crippen LogP contribution < -0.4 is 0 Å². The number of nitrogens with zero attached hydrogens (tertiary/aromatic N) is 3. The molecule has 3 aromatic rings. The van der Waals surface area contributed by atoms with E-state index in [4.69, 9.17) is 4.84 Å². The summed E-state index contributed by atoms with van der Waals surface area (Å²) >= 11 is 1.76. The molecule has 4 rings (SSSR count). The molecule has 0 saturated heterocycles. The van der Waals surface area contributed by atoms with Crippen LogP contribution in [0.4, 0.5) is 0 Å². The van der Waals surface area contributed by atoms with Gasteiger partial charge in [-0.2, -0.15) is 5.10 Å². The Hall–Kier alpha value is -2.86. The van der Waals surface area contributed by atoms with E-state index in [-0.39, 0.29) is 0 Å². The molecule has 0 saturated carbocycles. The number of hydrogen-bond acceptors (Lipinski definition) is 5. The van der Waals surface area contributed by atoms with Crippen LogP contribution in [0.5, 0.6) is 0 Å². The summed E-state index contributed by atoms with van der Waals surface area (Å²) in [5.41, 5.74) is 5.33. The second kappa shape index (κ2) is 6.80. The largest absolute Gasteiger partial charge is 0.368 e. The number of hydrogen-bond donors (Lipinski definition) is 0. The molecule has 1 aliphatic rings. The minimum atomic E-state index is -0.519. The molecule has 1 aromatic heterocycles. The van der Waals surface area contributed by atoms with Crippen molar-refractivity contribution in [3.63, 3.8) is 0 Å². The summed E-state index contributed by atoms with van der Waals surface area (Å²) in [6, 6.07) is 14.4. The fraction of sp³-hybridized carbons (Fsp3) is 0.150. The van der Waals surface area contributed by atoms with Crippen molar-refractivity contribution in [1.82, 2.24) is 9.78 Å². The third kappa shape index (κ3) is 3.15. The summed E-state index contributed by atoms with van der Waals surface area (Å²) in [5.74, 6) is 0.330. The summed E-state index contributed by atoms with van der Waals surface area (Å²) in [7, 11) is 1.75. The first-order valence-electron chi connectivity index (χ1n) is 8.22. The number of fused-ring (bicyclic) bond motifs is 2. The zero-order valence-corrected chi connectivity index (χ0v) is 15.3. The van der Waals surface area contributed by atoms with Crippen LogP contribution in [0.3, 0.4) is 0 Å². The van der Waals surface area contributed by atoms with Gasteiger partial charge in [0, 0.05) is 35.0 Å². The van der Waals surface area contributed by atoms with E-state index >= 15 is 0 Å². The second-order valence-corrected chi connectivity index (χ2v) is 7.18. The van der Waals surface area contributed by atoms with Crippen molar-refractivity contribution >= 4 is 23.4 Å². The molecule has 6 heteroatoms. The van der Waals surface area contributed by atoms with Gasteiger partial charge < -0.3 is 4.84 Å². The fourth-order valence-electron chi connectivity index (χ4n) is 2.90. The number of aromatic nitrogens is 2. The Morgan fingerprint density at radius 2 is 2.08 bits per heavy atom. The van der Waals surface area contributed by atoms with E-state index in [2.05, 4.69) is 34.5 Å². The first kappa shape index (κ1) is 16.6. The van der Waals surface area contributed by atoms with Gasteiger partial charge in [-0.05, 0) is 24.6 Å². The highest BCUT2D eigenvalue weighted by Crippen LogP contribution is 2.34. The van der Waals surface area contributed by atoms with Gasteiger partial charge in [0.1, 0.15) is 5.71 Å². The van der Waals surface area contributed by atoms with Gasteiger partial charge >= 0.3 is 5.97 Å². The molecule has 2 heterocycles. The zero-order valence-electron chi connectivity index (χ0n) is 14.5. The molecule has 2 aromatic carbocycles. The zero-order chi connectivity index (χ0) is 18.1. The number of carbonyl (C=O) groups excluding carboxylic acids is 1. The van der Waals surface area contributed by atoms with Gasteiger partial charge in [0.2, 0.25) is 0 Å². The van der Waals surface area contributed by atoms with Crippen LogP contribution >= 0.6 is 11.8 Å². The topological polar surface area (TPSA) is 56.5 Å². The number of oxime groups is 1. The lowest BCUT2D eigenvalue weighted by Gasteiger charge is -2.10. The third-order valence-corrected chi connectivity index (χ3v) is 5.33. The fourth-order valence-corrected chi connectivity index (χ4v) is 3.94. The van der Waals surface area contributed by atoms with Crippen molar-refractivity contribution in [2.75, 3.05) is 0 Å². The molecule has 1 aliphatic heterocycles. The maximum Gasteiger partial charge on any atom is 0.368 e. The average molecular weight is 363 g/mol. The Labute approximate surface area is 155 Å². The van der Waals surface area contributed by atoms with E-state index in [0.717, 1.165) is 27.3 Å². The van der Waals surface area contributed by atoms with Crippen LogP contribution in [0.1, 0.15) is 32.6 Å². The lowest BCUT2D eigenvalue weighted by Crippen LogP contribution is -2.09. The summed E-state index contributed by atoms with van der Waals surface area (Å²) in [6.07, 6.45) is 3.08. The summed E-state index contributed by atoms with van der Waals surface area (Å²) in [6.45, 7) is 2.04. The van der Waals surface area contributed by atoms with Gasteiger partial charge in [0.15, 0.2) is 0 Å². The Bertz CT molecular complexity index is 1020. The van der Waals surface area contributed by atoms with Crippen molar-refractivity contribution in [2.45, 2.75) is 17.6 Å². The minimum absolute atomic E-state index is 0.373. The Balaban J connectivity index is 1.78. The van der Waals surface area contributed by atoms with Gasteiger partial charge in [-0.25, -0.2) is 4.79 Å². The van der Waals surface area contributed by atoms with Crippen LogP contribution in [0.25, 0.3) is 0 Å². The van der Waals surface area contributed by atoms with Crippen LogP contribution in [0, 0.1) is 6.92 Å². The molecule has 0 aliphatic carbocycles. The van der Waals surface area contributed by atoms with Gasteiger partial charge in [-0.3, -0.25) is 4.68 Å². The van der Waals surface area contributed by atoms with Gasteiger partial charge in [0.25, 0.3) is 0 Å².